The maximum atomic E-state index is 14.2. The highest BCUT2D eigenvalue weighted by Crippen LogP contribution is 2.68. The number of nitrogens with zero attached hydrogens (tertiary/aromatic N) is 1. The van der Waals surface area contributed by atoms with Crippen LogP contribution < -0.4 is 19.2 Å². The Morgan fingerprint density at radius 1 is 0.959 bits per heavy atom. The first-order valence-corrected chi connectivity index (χ1v) is 18.4. The summed E-state index contributed by atoms with van der Waals surface area (Å²) in [5.41, 5.74) is 2.54. The van der Waals surface area contributed by atoms with E-state index in [2.05, 4.69) is 4.98 Å². The van der Waals surface area contributed by atoms with Crippen LogP contribution in [-0.2, 0) is 20.9 Å². The number of fused-ring (bicyclic) bond motifs is 9. The fraction of sp³-hybridized carbons (Fsp3) is 0.333. The maximum Gasteiger partial charge on any atom is 0.338 e. The van der Waals surface area contributed by atoms with Crippen molar-refractivity contribution in [3.8, 4) is 11.5 Å². The zero-order valence-electron chi connectivity index (χ0n) is 26.3. The lowest BCUT2D eigenvalue weighted by Crippen LogP contribution is -2.42. The molecule has 5 unspecified atom stereocenters. The van der Waals surface area contributed by atoms with Crippen LogP contribution in [0.5, 0.6) is 11.5 Å². The zero-order valence-corrected chi connectivity index (χ0v) is 29.5. The second kappa shape index (κ2) is 12.5. The van der Waals surface area contributed by atoms with Crippen LogP contribution in [-0.4, -0.2) is 41.7 Å². The Kier molecular flexibility index (Phi) is 8.29. The molecule has 1 N–H and O–H groups in total. The Hall–Kier alpha value is -3.77. The lowest BCUT2D eigenvalue weighted by atomic mass is 9.68. The second-order valence-electron chi connectivity index (χ2n) is 12.7. The summed E-state index contributed by atoms with van der Waals surface area (Å²) < 4.78 is 17.0. The van der Waals surface area contributed by atoms with Crippen LogP contribution in [0.2, 0.25) is 10.0 Å². The number of rotatable bonds is 8. The van der Waals surface area contributed by atoms with Gasteiger partial charge >= 0.3 is 10.8 Å². The Labute approximate surface area is 299 Å². The summed E-state index contributed by atoms with van der Waals surface area (Å²) in [4.78, 5) is 58.2. The molecule has 8 rings (SSSR count). The molecule has 2 aliphatic heterocycles. The third-order valence-electron chi connectivity index (χ3n) is 10.3. The van der Waals surface area contributed by atoms with Crippen molar-refractivity contribution in [1.29, 1.82) is 0 Å². The summed E-state index contributed by atoms with van der Waals surface area (Å²) in [5.74, 6) is -0.940. The van der Waals surface area contributed by atoms with E-state index in [0.717, 1.165) is 27.5 Å². The average molecular weight is 738 g/mol. The SMILES string of the molecule is CCOC(=O)c1ccc(N2C(=O)C3C(C2=O)[C@@H]2C[C@H]3C3Sc4[nH]c(=O)sc4C(c4ccc(OCc5ccc(Cl)cc5Cl)c(OC)c4)C32)cc1. The average Bonchev–Trinajstić information content (AvgIpc) is 3.83. The monoisotopic (exact) mass is 736 g/mol. The number of thiazole rings is 1. The molecule has 2 bridgehead atoms. The molecule has 4 aromatic rings. The van der Waals surface area contributed by atoms with Crippen LogP contribution in [0, 0.1) is 29.6 Å². The van der Waals surface area contributed by atoms with Crippen LogP contribution in [0.1, 0.15) is 45.6 Å². The second-order valence-corrected chi connectivity index (χ2v) is 15.7. The standard InChI is InChI=1S/C36H30Cl2N2O7S2/c1-3-46-35(43)16-5-9-20(10-6-16)40-33(41)28-21-14-22(29(28)34(40)42)30-27(21)26(31-32(48-30)39-36(44)49-31)17-7-11-24(25(12-17)45-2)47-15-18-4-8-19(37)13-23(18)38/h4-13,21-22,26-30H,3,14-15H2,1-2H3,(H,39,44)/t21-,22-,26?,27?,28?,29?,30?/m1/s1. The molecule has 1 saturated heterocycles. The van der Waals surface area contributed by atoms with Gasteiger partial charge in [0.25, 0.3) is 0 Å². The summed E-state index contributed by atoms with van der Waals surface area (Å²) in [6.07, 6.45) is 0.765. The molecule has 7 atom stereocenters. The van der Waals surface area contributed by atoms with Gasteiger partial charge in [0.15, 0.2) is 11.5 Å². The van der Waals surface area contributed by atoms with Crippen LogP contribution >= 0.6 is 46.3 Å². The first kappa shape index (κ1) is 32.4. The van der Waals surface area contributed by atoms with Crippen LogP contribution in [0.15, 0.2) is 70.5 Å². The summed E-state index contributed by atoms with van der Waals surface area (Å²) in [5, 5.41) is 1.90. The molecule has 0 radical (unpaired) electrons. The van der Waals surface area contributed by atoms with E-state index in [1.54, 1.807) is 62.2 Å². The first-order chi connectivity index (χ1) is 23.7. The van der Waals surface area contributed by atoms with Gasteiger partial charge in [-0.3, -0.25) is 19.3 Å². The number of imide groups is 1. The number of thioether (sulfide) groups is 1. The lowest BCUT2D eigenvalue weighted by Gasteiger charge is -2.43. The smallest absolute Gasteiger partial charge is 0.338 e. The van der Waals surface area contributed by atoms with Crippen molar-refractivity contribution in [1.82, 2.24) is 4.98 Å². The number of aromatic amines is 1. The van der Waals surface area contributed by atoms with Gasteiger partial charge in [-0.1, -0.05) is 46.7 Å². The van der Waals surface area contributed by atoms with E-state index in [1.807, 2.05) is 24.3 Å². The van der Waals surface area contributed by atoms with E-state index in [9.17, 15) is 19.2 Å². The van der Waals surface area contributed by atoms with Gasteiger partial charge in [0.2, 0.25) is 11.8 Å². The van der Waals surface area contributed by atoms with Crippen molar-refractivity contribution in [2.75, 3.05) is 18.6 Å². The molecule has 2 saturated carbocycles. The Morgan fingerprint density at radius 2 is 1.71 bits per heavy atom. The fourth-order valence-electron chi connectivity index (χ4n) is 8.40. The van der Waals surface area contributed by atoms with Crippen molar-refractivity contribution in [2.45, 2.75) is 36.1 Å². The molecular formula is C36H30Cl2N2O7S2. The van der Waals surface area contributed by atoms with E-state index >= 15 is 0 Å². The zero-order chi connectivity index (χ0) is 34.1. The van der Waals surface area contributed by atoms with Crippen LogP contribution in [0.25, 0.3) is 0 Å². The quantitative estimate of drug-likeness (QED) is 0.149. The van der Waals surface area contributed by atoms with Gasteiger partial charge in [-0.05, 0) is 85.2 Å². The van der Waals surface area contributed by atoms with E-state index in [-0.39, 0.29) is 58.8 Å². The molecule has 1 aromatic heterocycles. The van der Waals surface area contributed by atoms with E-state index in [4.69, 9.17) is 37.4 Å². The molecular weight excluding hydrogens is 707 g/mol. The molecule has 4 aliphatic rings. The summed E-state index contributed by atoms with van der Waals surface area (Å²) >= 11 is 15.3. The fourth-order valence-corrected chi connectivity index (χ4v) is 11.7. The number of anilines is 1. The number of hydrogen-bond donors (Lipinski definition) is 1. The number of H-pyrrole nitrogens is 1. The number of benzene rings is 3. The van der Waals surface area contributed by atoms with Crippen molar-refractivity contribution >= 4 is 69.8 Å². The van der Waals surface area contributed by atoms with E-state index in [0.29, 0.717) is 32.8 Å². The molecule has 13 heteroatoms. The highest BCUT2D eigenvalue weighted by Gasteiger charge is 2.69. The minimum absolute atomic E-state index is 0.0161. The maximum absolute atomic E-state index is 14.2. The van der Waals surface area contributed by atoms with Crippen LogP contribution in [0.3, 0.4) is 0 Å². The van der Waals surface area contributed by atoms with Crippen LogP contribution in [0.4, 0.5) is 5.69 Å². The third kappa shape index (κ3) is 5.28. The number of nitrogens with one attached hydrogen (secondary N) is 1. The molecule has 49 heavy (non-hydrogen) atoms. The Morgan fingerprint density at radius 3 is 2.43 bits per heavy atom. The molecule has 3 fully saturated rings. The van der Waals surface area contributed by atoms with Crippen molar-refractivity contribution < 1.29 is 28.6 Å². The van der Waals surface area contributed by atoms with Crippen molar-refractivity contribution in [3.05, 3.63) is 102 Å². The molecule has 3 aromatic carbocycles. The van der Waals surface area contributed by atoms with Gasteiger partial charge in [0.05, 0.1) is 41.8 Å². The number of hydrogen-bond acceptors (Lipinski definition) is 9. The minimum atomic E-state index is -0.461. The minimum Gasteiger partial charge on any atom is -0.493 e. The first-order valence-electron chi connectivity index (χ1n) is 16.0. The molecule has 2 amide bonds. The summed E-state index contributed by atoms with van der Waals surface area (Å²) in [6, 6.07) is 17.5. The third-order valence-corrected chi connectivity index (χ3v) is 13.5. The van der Waals surface area contributed by atoms with Gasteiger partial charge in [-0.15, -0.1) is 11.8 Å². The summed E-state index contributed by atoms with van der Waals surface area (Å²) in [7, 11) is 1.58. The topological polar surface area (TPSA) is 115 Å². The number of aromatic nitrogens is 1. The number of ether oxygens (including phenoxy) is 3. The van der Waals surface area contributed by atoms with E-state index in [1.165, 1.54) is 16.2 Å². The molecule has 252 valence electrons. The number of carbonyl (C=O) groups is 3. The highest BCUT2D eigenvalue weighted by atomic mass is 35.5. The van der Waals surface area contributed by atoms with Gasteiger partial charge in [0.1, 0.15) is 6.61 Å². The Balaban J connectivity index is 1.11. The van der Waals surface area contributed by atoms with Gasteiger partial charge in [-0.25, -0.2) is 4.79 Å². The number of esters is 1. The normalized spacial score (nSPS) is 26.4. The van der Waals surface area contributed by atoms with Gasteiger partial charge in [-0.2, -0.15) is 0 Å². The molecule has 2 aliphatic carbocycles. The van der Waals surface area contributed by atoms with Gasteiger partial charge in [0, 0.05) is 31.7 Å². The Bertz CT molecular complexity index is 2060. The predicted octanol–water partition coefficient (Wildman–Crippen LogP) is 7.19. The lowest BCUT2D eigenvalue weighted by molar-refractivity contribution is -0.123. The van der Waals surface area contributed by atoms with E-state index < -0.39 is 17.8 Å². The van der Waals surface area contributed by atoms with Crippen molar-refractivity contribution in [3.63, 3.8) is 0 Å². The number of methoxy groups -OCH3 is 1. The number of halogens is 2. The predicted molar refractivity (Wildman–Crippen MR) is 187 cm³/mol. The van der Waals surface area contributed by atoms with Crippen molar-refractivity contribution in [2.24, 2.45) is 29.6 Å². The summed E-state index contributed by atoms with van der Waals surface area (Å²) in [6.45, 7) is 2.20. The highest BCUT2D eigenvalue weighted by molar-refractivity contribution is 8.00. The molecule has 9 nitrogen and oxygen atoms in total. The molecule has 0 spiro atoms. The molecule has 3 heterocycles. The van der Waals surface area contributed by atoms with Gasteiger partial charge < -0.3 is 19.2 Å². The number of carbonyl (C=O) groups excluding carboxylic acids is 3. The largest absolute Gasteiger partial charge is 0.493 e. The number of amides is 2.